The number of carboxylic acids is 4. The number of aliphatic carboxylic acids is 4. The Morgan fingerprint density at radius 2 is 0.640 bits per heavy atom. The molecule has 4 aliphatic rings. The molecule has 436 valence electrons. The number of carbonyl (C=O) groups excluding carboxylic acids is 4. The predicted molar refractivity (Wildman–Crippen MR) is 326 cm³/mol. The van der Waals surface area contributed by atoms with E-state index in [-0.39, 0.29) is 170 Å². The van der Waals surface area contributed by atoms with Crippen molar-refractivity contribution in [3.05, 3.63) is 152 Å². The van der Waals surface area contributed by atoms with Gasteiger partial charge in [0.25, 0.3) is 0 Å². The van der Waals surface area contributed by atoms with Crippen molar-refractivity contribution in [1.29, 1.82) is 0 Å². The summed E-state index contributed by atoms with van der Waals surface area (Å²) in [5.41, 5.74) is 23.6. The molecular formula is C68H66N8Na4O9. The minimum Gasteiger partial charge on any atom is -0.550 e. The minimum atomic E-state index is -1.21. The van der Waals surface area contributed by atoms with Gasteiger partial charge in [0.2, 0.25) is 0 Å². The number of aromatic nitrogens is 8. The maximum absolute atomic E-state index is 12.0. The van der Waals surface area contributed by atoms with Crippen LogP contribution in [0.15, 0.2) is 61.7 Å². The summed E-state index contributed by atoms with van der Waals surface area (Å²) in [6.07, 6.45) is 2.04. The molecule has 10 heterocycles. The summed E-state index contributed by atoms with van der Waals surface area (Å²) in [5, 5.41) is 47.7. The van der Waals surface area contributed by atoms with Crippen LogP contribution in [0.5, 0.6) is 0 Å². The average Bonchev–Trinajstić information content (AvgIpc) is 1.67. The number of carboxylic acid groups (broad SMARTS) is 4. The Bertz CT molecular complexity index is 4160. The zero-order valence-electron chi connectivity index (χ0n) is 53.5. The molecule has 0 amide bonds. The molecule has 0 saturated heterocycles. The molecule has 4 N–H and O–H groups in total. The molecule has 6 aromatic heterocycles. The second-order valence-electron chi connectivity index (χ2n) is 22.4. The van der Waals surface area contributed by atoms with E-state index in [2.05, 4.69) is 33.1 Å². The number of H-pyrrole nitrogens is 4. The molecule has 0 radical (unpaired) electrons. The monoisotopic (exact) mass is 1230 g/mol. The van der Waals surface area contributed by atoms with Crippen LogP contribution in [0.4, 0.5) is 0 Å². The van der Waals surface area contributed by atoms with E-state index >= 15 is 0 Å². The summed E-state index contributed by atoms with van der Waals surface area (Å²) in [7, 11) is 0. The Labute approximate surface area is 605 Å². The van der Waals surface area contributed by atoms with E-state index in [1.165, 1.54) is 0 Å². The Morgan fingerprint density at radius 1 is 0.393 bits per heavy atom. The van der Waals surface area contributed by atoms with E-state index < -0.39 is 36.1 Å². The summed E-state index contributed by atoms with van der Waals surface area (Å²) in [5.74, 6) is -4.81. The Hall–Kier alpha value is -5.48. The number of aryl methyl sites for hydroxylation is 4. The average molecular weight is 1230 g/mol. The fourth-order valence-corrected chi connectivity index (χ4v) is 12.5. The van der Waals surface area contributed by atoms with Gasteiger partial charge >= 0.3 is 118 Å². The molecule has 21 heteroatoms. The molecule has 2 unspecified atom stereocenters. The quantitative estimate of drug-likeness (QED) is 0.0690. The number of carbonyl (C=O) groups is 4. The van der Waals surface area contributed by atoms with Gasteiger partial charge in [-0.3, -0.25) is 0 Å². The van der Waals surface area contributed by atoms with Crippen LogP contribution >= 0.6 is 0 Å². The van der Waals surface area contributed by atoms with Crippen LogP contribution in [0.25, 0.3) is 101 Å². The largest absolute Gasteiger partial charge is 1.00 e. The fraction of sp³-hybridized carbons (Fsp3) is 0.294. The predicted octanol–water partition coefficient (Wildman–Crippen LogP) is -1.84. The number of hydrogen-bond acceptors (Lipinski definition) is 13. The molecule has 0 aliphatic carbocycles. The van der Waals surface area contributed by atoms with Gasteiger partial charge < -0.3 is 64.3 Å². The molecule has 0 saturated carbocycles. The van der Waals surface area contributed by atoms with Crippen LogP contribution in [0.2, 0.25) is 0 Å². The van der Waals surface area contributed by atoms with Crippen LogP contribution < -0.4 is 139 Å². The zero-order chi connectivity index (χ0) is 61.0. The van der Waals surface area contributed by atoms with Gasteiger partial charge in [-0.05, 0) is 236 Å². The summed E-state index contributed by atoms with van der Waals surface area (Å²) >= 11 is 0. The number of nitrogens with zero attached hydrogens (tertiary/aromatic N) is 4. The van der Waals surface area contributed by atoms with Crippen molar-refractivity contribution in [3.8, 4) is 0 Å². The van der Waals surface area contributed by atoms with Gasteiger partial charge in [0.1, 0.15) is 0 Å². The van der Waals surface area contributed by atoms with Gasteiger partial charge in [0, 0.05) is 90.3 Å². The van der Waals surface area contributed by atoms with E-state index in [4.69, 9.17) is 24.7 Å². The first kappa shape index (κ1) is 72.6. The van der Waals surface area contributed by atoms with E-state index in [1.54, 1.807) is 0 Å². The van der Waals surface area contributed by atoms with Crippen LogP contribution in [-0.2, 0) is 23.9 Å². The maximum Gasteiger partial charge on any atom is 1.00 e. The van der Waals surface area contributed by atoms with Gasteiger partial charge in [-0.15, -0.1) is 0 Å². The molecule has 17 nitrogen and oxygen atoms in total. The van der Waals surface area contributed by atoms with Crippen LogP contribution in [0, 0.1) is 27.7 Å². The summed E-state index contributed by atoms with van der Waals surface area (Å²) in [6, 6.07) is 15.5. The molecular weight excluding hydrogens is 1160 g/mol. The molecule has 2 atom stereocenters. The summed E-state index contributed by atoms with van der Waals surface area (Å²) in [6.45, 7) is 28.1. The third-order valence-corrected chi connectivity index (χ3v) is 17.2. The number of allylic oxidation sites excluding steroid dienone is 8. The first-order valence-electron chi connectivity index (χ1n) is 28.5. The van der Waals surface area contributed by atoms with E-state index in [9.17, 15) is 39.6 Å². The number of hydrogen-bond donors (Lipinski definition) is 4. The molecule has 0 fully saturated rings. The first-order chi connectivity index (χ1) is 40.4. The van der Waals surface area contributed by atoms with Crippen LogP contribution in [0.3, 0.4) is 0 Å². The number of nitrogens with one attached hydrogen (secondary N) is 4. The van der Waals surface area contributed by atoms with E-state index in [0.29, 0.717) is 67.7 Å². The third kappa shape index (κ3) is 14.7. The second kappa shape index (κ2) is 29.9. The standard InChI is InChI=1S/C68H70N8O9.4Na/c1-13-41-31(3)47-23-49-33(5)43(15-19-63(77)78)57(71-49)29-59-45(17-21-65(81)82)35(7)51(73-59)27-61-67(37(9)53(75-61)25-55(41)69-47)39(11)85-40(12)68-38(10)54-26-56-42(14-2)32(4)48(70-56)24-50-34(6)44(16-20-64(79)80)58(72-50)30-60-46(18-22-66(83)84)36(8)52(74-60)28-62(68)76-54;;;;/h13-14,23-30,39-40,69-70,75-76H,1-2,15-22H2,3-12H3,(H,77,78)(H,79,80)(H,81,82)(H,83,84);;;;/q;4*+1/p-4. The number of ether oxygens (including phenoxy) is 1. The van der Waals surface area contributed by atoms with Crippen LogP contribution in [-0.4, -0.2) is 63.7 Å². The fourth-order valence-electron chi connectivity index (χ4n) is 12.5. The molecule has 10 rings (SSSR count). The van der Waals surface area contributed by atoms with Gasteiger partial charge in [-0.2, -0.15) is 0 Å². The zero-order valence-corrected chi connectivity index (χ0v) is 61.5. The molecule has 4 aliphatic heterocycles. The molecule has 16 bridgehead atoms. The second-order valence-corrected chi connectivity index (χ2v) is 22.4. The topological polar surface area (TPSA) is 284 Å². The van der Waals surface area contributed by atoms with Crippen molar-refractivity contribution in [2.24, 2.45) is 0 Å². The van der Waals surface area contributed by atoms with Gasteiger partial charge in [0.15, 0.2) is 0 Å². The van der Waals surface area contributed by atoms with Gasteiger partial charge in [0.05, 0.1) is 57.8 Å². The van der Waals surface area contributed by atoms with Crippen LogP contribution in [0.1, 0.15) is 195 Å². The SMILES string of the molecule is C=Cc1c(C)c2cc3nc(cc4nc(cc5[nH]c(cc1[nH]2)c(C)c5C(C)OC(C)c1c(C)c2cc5[nH]c(cc6nc(cc7nc(cc1[nH]2)C(C)=C7CCC(=O)[O-])C(CCC(=O)[O-])=C6C)c(C)c5C=C)C(C)=C4CCC(=O)[O-])C(CCC(=O)[O-])=C3C.[Na+].[Na+].[Na+].[Na+]. The van der Waals surface area contributed by atoms with Gasteiger partial charge in [-0.1, -0.05) is 25.3 Å². The maximum atomic E-state index is 12.0. The summed E-state index contributed by atoms with van der Waals surface area (Å²) in [4.78, 5) is 82.8. The van der Waals surface area contributed by atoms with E-state index in [0.717, 1.165) is 111 Å². The van der Waals surface area contributed by atoms with Gasteiger partial charge in [-0.25, -0.2) is 19.9 Å². The first-order valence-corrected chi connectivity index (χ1v) is 28.5. The Kier molecular flexibility index (Phi) is 24.4. The smallest absolute Gasteiger partial charge is 0.550 e. The molecule has 6 aromatic rings. The number of rotatable bonds is 18. The minimum absolute atomic E-state index is 0. The van der Waals surface area contributed by atoms with Crippen molar-refractivity contribution >= 4 is 125 Å². The van der Waals surface area contributed by atoms with Crippen molar-refractivity contribution < 1.29 is 163 Å². The van der Waals surface area contributed by atoms with Crippen molar-refractivity contribution in [2.45, 2.75) is 133 Å². The Balaban J connectivity index is 0.00000316. The third-order valence-electron chi connectivity index (χ3n) is 17.2. The molecule has 0 spiro atoms. The number of fused-ring (bicyclic) bond motifs is 16. The molecule has 89 heavy (non-hydrogen) atoms. The summed E-state index contributed by atoms with van der Waals surface area (Å²) < 4.78 is 7.27. The Morgan fingerprint density at radius 3 is 0.899 bits per heavy atom. The normalized spacial score (nSPS) is 13.5. The molecule has 0 aromatic carbocycles. The van der Waals surface area contributed by atoms with E-state index in [1.807, 2.05) is 130 Å². The van der Waals surface area contributed by atoms with Crippen molar-refractivity contribution in [1.82, 2.24) is 39.9 Å². The van der Waals surface area contributed by atoms with Crippen molar-refractivity contribution in [3.63, 3.8) is 0 Å². The van der Waals surface area contributed by atoms with Crippen molar-refractivity contribution in [2.75, 3.05) is 0 Å². The number of aromatic amines is 4.